The summed E-state index contributed by atoms with van der Waals surface area (Å²) < 4.78 is 0. The van der Waals surface area contributed by atoms with Crippen molar-refractivity contribution in [2.75, 3.05) is 5.32 Å². The van der Waals surface area contributed by atoms with Crippen LogP contribution < -0.4 is 5.32 Å². The number of aryl methyl sites for hydroxylation is 2. The third-order valence-corrected chi connectivity index (χ3v) is 3.79. The van der Waals surface area contributed by atoms with E-state index in [1.165, 1.54) is 16.7 Å². The molecule has 1 unspecified atom stereocenters. The van der Waals surface area contributed by atoms with Crippen molar-refractivity contribution in [1.82, 2.24) is 0 Å². The summed E-state index contributed by atoms with van der Waals surface area (Å²) in [6.07, 6.45) is 1.08. The van der Waals surface area contributed by atoms with Gasteiger partial charge in [0.05, 0.1) is 10.7 Å². The molecule has 0 heterocycles. The Kier molecular flexibility index (Phi) is 4.49. The van der Waals surface area contributed by atoms with E-state index >= 15 is 0 Å². The lowest BCUT2D eigenvalue weighted by Gasteiger charge is -2.19. The van der Waals surface area contributed by atoms with Gasteiger partial charge in [-0.1, -0.05) is 54.9 Å². The van der Waals surface area contributed by atoms with Crippen LogP contribution in [-0.2, 0) is 6.42 Å². The molecule has 2 aromatic rings. The van der Waals surface area contributed by atoms with Crippen LogP contribution in [0.2, 0.25) is 5.02 Å². The van der Waals surface area contributed by atoms with Gasteiger partial charge in [-0.25, -0.2) is 0 Å². The fourth-order valence-electron chi connectivity index (χ4n) is 2.16. The molecule has 1 nitrogen and oxygen atoms in total. The number of halogens is 1. The van der Waals surface area contributed by atoms with E-state index in [0.717, 1.165) is 17.1 Å². The van der Waals surface area contributed by atoms with Crippen molar-refractivity contribution in [2.24, 2.45) is 0 Å². The summed E-state index contributed by atoms with van der Waals surface area (Å²) >= 11 is 6.25. The number of nitrogens with one attached hydrogen (secondary N) is 1. The first-order valence-electron chi connectivity index (χ1n) is 6.72. The third-order valence-electron chi connectivity index (χ3n) is 3.47. The summed E-state index contributed by atoms with van der Waals surface area (Å²) in [5.41, 5.74) is 4.84. The lowest BCUT2D eigenvalue weighted by atomic mass is 10.0. The Morgan fingerprint density at radius 3 is 2.37 bits per heavy atom. The van der Waals surface area contributed by atoms with Gasteiger partial charge in [-0.2, -0.15) is 0 Å². The highest BCUT2D eigenvalue weighted by atomic mass is 35.5. The second-order valence-electron chi connectivity index (χ2n) is 4.89. The molecule has 0 radical (unpaired) electrons. The number of hydrogen-bond acceptors (Lipinski definition) is 1. The Balaban J connectivity index is 2.18. The topological polar surface area (TPSA) is 12.0 Å². The molecule has 0 saturated carbocycles. The highest BCUT2D eigenvalue weighted by molar-refractivity contribution is 6.33. The van der Waals surface area contributed by atoms with Crippen molar-refractivity contribution in [3.8, 4) is 0 Å². The molecular formula is C17H20ClN. The van der Waals surface area contributed by atoms with Gasteiger partial charge in [-0.3, -0.25) is 0 Å². The molecule has 0 aromatic heterocycles. The number of para-hydroxylation sites is 1. The largest absolute Gasteiger partial charge is 0.377 e. The molecule has 100 valence electrons. The Bertz CT molecular complexity index is 525. The van der Waals surface area contributed by atoms with Crippen molar-refractivity contribution >= 4 is 17.3 Å². The fourth-order valence-corrected chi connectivity index (χ4v) is 2.43. The summed E-state index contributed by atoms with van der Waals surface area (Å²) in [7, 11) is 0. The number of anilines is 1. The number of benzene rings is 2. The second kappa shape index (κ2) is 6.12. The monoisotopic (exact) mass is 273 g/mol. The van der Waals surface area contributed by atoms with Crippen LogP contribution in [0.4, 0.5) is 5.69 Å². The Labute approximate surface area is 120 Å². The van der Waals surface area contributed by atoms with Gasteiger partial charge in [0.2, 0.25) is 0 Å². The average molecular weight is 274 g/mol. The van der Waals surface area contributed by atoms with Crippen molar-refractivity contribution < 1.29 is 0 Å². The minimum absolute atomic E-state index is 0.240. The number of rotatable bonds is 4. The van der Waals surface area contributed by atoms with Gasteiger partial charge in [-0.05, 0) is 43.0 Å². The maximum Gasteiger partial charge on any atom is 0.0640 e. The van der Waals surface area contributed by atoms with Crippen molar-refractivity contribution in [1.29, 1.82) is 0 Å². The molecule has 0 aliphatic rings. The Hall–Kier alpha value is -1.47. The lowest BCUT2D eigenvalue weighted by molar-refractivity contribution is 0.880. The Morgan fingerprint density at radius 2 is 1.79 bits per heavy atom. The summed E-state index contributed by atoms with van der Waals surface area (Å²) in [5.74, 6) is 0. The van der Waals surface area contributed by atoms with Crippen LogP contribution in [0.3, 0.4) is 0 Å². The summed E-state index contributed by atoms with van der Waals surface area (Å²) in [6, 6.07) is 14.9. The second-order valence-corrected chi connectivity index (χ2v) is 5.30. The molecule has 0 saturated heterocycles. The van der Waals surface area contributed by atoms with Crippen LogP contribution in [-0.4, -0.2) is 0 Å². The van der Waals surface area contributed by atoms with Gasteiger partial charge >= 0.3 is 0 Å². The zero-order valence-corrected chi connectivity index (χ0v) is 12.5. The van der Waals surface area contributed by atoms with Crippen LogP contribution in [0.5, 0.6) is 0 Å². The van der Waals surface area contributed by atoms with E-state index in [0.29, 0.717) is 0 Å². The zero-order valence-electron chi connectivity index (χ0n) is 11.7. The zero-order chi connectivity index (χ0) is 13.8. The minimum Gasteiger partial charge on any atom is -0.377 e. The molecule has 19 heavy (non-hydrogen) atoms. The molecule has 0 amide bonds. The molecular weight excluding hydrogens is 254 g/mol. The van der Waals surface area contributed by atoms with E-state index < -0.39 is 0 Å². The van der Waals surface area contributed by atoms with Crippen LogP contribution in [0.25, 0.3) is 0 Å². The van der Waals surface area contributed by atoms with Crippen LogP contribution in [0.1, 0.15) is 36.6 Å². The van der Waals surface area contributed by atoms with E-state index in [-0.39, 0.29) is 6.04 Å². The minimum atomic E-state index is 0.240. The highest BCUT2D eigenvalue weighted by Gasteiger charge is 2.09. The summed E-state index contributed by atoms with van der Waals surface area (Å²) in [6.45, 7) is 6.40. The molecule has 1 atom stereocenters. The quantitative estimate of drug-likeness (QED) is 0.788. The maximum absolute atomic E-state index is 6.25. The first-order valence-corrected chi connectivity index (χ1v) is 7.10. The van der Waals surface area contributed by atoms with Gasteiger partial charge in [0.1, 0.15) is 0 Å². The van der Waals surface area contributed by atoms with Crippen molar-refractivity contribution in [3.05, 3.63) is 64.2 Å². The van der Waals surface area contributed by atoms with E-state index in [9.17, 15) is 0 Å². The first kappa shape index (κ1) is 14.0. The molecule has 0 spiro atoms. The average Bonchev–Trinajstić information content (AvgIpc) is 2.43. The van der Waals surface area contributed by atoms with Gasteiger partial charge in [0.25, 0.3) is 0 Å². The van der Waals surface area contributed by atoms with Gasteiger partial charge in [-0.15, -0.1) is 0 Å². The molecule has 2 rings (SSSR count). The van der Waals surface area contributed by atoms with Crippen LogP contribution >= 0.6 is 11.6 Å². The Morgan fingerprint density at radius 1 is 1.11 bits per heavy atom. The molecule has 1 N–H and O–H groups in total. The molecule has 0 bridgehead atoms. The van der Waals surface area contributed by atoms with E-state index in [1.54, 1.807) is 0 Å². The molecule has 0 aliphatic carbocycles. The van der Waals surface area contributed by atoms with Crippen LogP contribution in [0, 0.1) is 6.92 Å². The van der Waals surface area contributed by atoms with Crippen molar-refractivity contribution in [3.63, 3.8) is 0 Å². The molecule has 2 aromatic carbocycles. The fraction of sp³-hybridized carbons (Fsp3) is 0.294. The molecule has 0 aliphatic heterocycles. The maximum atomic E-state index is 6.25. The van der Waals surface area contributed by atoms with Crippen LogP contribution in [0.15, 0.2) is 42.5 Å². The van der Waals surface area contributed by atoms with E-state index in [4.69, 9.17) is 11.6 Å². The third kappa shape index (κ3) is 3.30. The molecule has 2 heteroatoms. The summed E-state index contributed by atoms with van der Waals surface area (Å²) in [5, 5.41) is 4.28. The molecule has 0 fully saturated rings. The van der Waals surface area contributed by atoms with E-state index in [2.05, 4.69) is 56.4 Å². The number of hydrogen-bond donors (Lipinski definition) is 1. The standard InChI is InChI=1S/C17H20ClN/c1-4-14-8-10-15(11-9-14)13(3)19-17-12(2)6-5-7-16(17)18/h5-11,13,19H,4H2,1-3H3. The SMILES string of the molecule is CCc1ccc(C(C)Nc2c(C)cccc2Cl)cc1. The van der Waals surface area contributed by atoms with E-state index in [1.807, 2.05) is 12.1 Å². The van der Waals surface area contributed by atoms with Gasteiger partial charge in [0.15, 0.2) is 0 Å². The lowest BCUT2D eigenvalue weighted by Crippen LogP contribution is -2.08. The smallest absolute Gasteiger partial charge is 0.0640 e. The van der Waals surface area contributed by atoms with Crippen molar-refractivity contribution in [2.45, 2.75) is 33.2 Å². The van der Waals surface area contributed by atoms with Gasteiger partial charge < -0.3 is 5.32 Å². The predicted molar refractivity (Wildman–Crippen MR) is 84.0 cm³/mol. The normalized spacial score (nSPS) is 12.2. The first-order chi connectivity index (χ1) is 9.11. The summed E-state index contributed by atoms with van der Waals surface area (Å²) in [4.78, 5) is 0. The van der Waals surface area contributed by atoms with Gasteiger partial charge in [0, 0.05) is 6.04 Å². The predicted octanol–water partition coefficient (Wildman–Crippen LogP) is 5.38. The highest BCUT2D eigenvalue weighted by Crippen LogP contribution is 2.29.